The van der Waals surface area contributed by atoms with Gasteiger partial charge in [0.1, 0.15) is 0 Å². The zero-order valence-corrected chi connectivity index (χ0v) is 11.8. The molecule has 1 spiro atoms. The van der Waals surface area contributed by atoms with Crippen molar-refractivity contribution in [3.05, 3.63) is 37.0 Å². The molecule has 0 unspecified atom stereocenters. The van der Waals surface area contributed by atoms with Crippen LogP contribution in [0.4, 0.5) is 0 Å². The summed E-state index contributed by atoms with van der Waals surface area (Å²) in [7, 11) is 0. The van der Waals surface area contributed by atoms with Gasteiger partial charge >= 0.3 is 0 Å². The second-order valence-corrected chi connectivity index (χ2v) is 5.95. The predicted molar refractivity (Wildman–Crippen MR) is 79.6 cm³/mol. The Morgan fingerprint density at radius 2 is 2.17 bits per heavy atom. The standard InChI is InChI=1S/C17H27N/c1-4-8-16(6-3)14-18-12-9-15(5-2)13-17(18)10-7-11-17/h4,6,8,15H,1,3,5,7,9-14H2,2H3/b16-8+/t15-/m0/s1. The summed E-state index contributed by atoms with van der Waals surface area (Å²) in [6, 6.07) is 0. The monoisotopic (exact) mass is 245 g/mol. The van der Waals surface area contributed by atoms with Crippen LogP contribution in [-0.2, 0) is 0 Å². The molecule has 1 aliphatic carbocycles. The molecule has 0 aromatic heterocycles. The zero-order valence-electron chi connectivity index (χ0n) is 11.8. The van der Waals surface area contributed by atoms with E-state index in [2.05, 4.69) is 31.1 Å². The quantitative estimate of drug-likeness (QED) is 0.652. The lowest BCUT2D eigenvalue weighted by Crippen LogP contribution is -2.58. The summed E-state index contributed by atoms with van der Waals surface area (Å²) in [5, 5.41) is 0. The first-order valence-corrected chi connectivity index (χ1v) is 7.43. The molecule has 0 aromatic rings. The fourth-order valence-electron chi connectivity index (χ4n) is 3.60. The van der Waals surface area contributed by atoms with Crippen LogP contribution in [-0.4, -0.2) is 23.5 Å². The van der Waals surface area contributed by atoms with Crippen LogP contribution in [0.2, 0.25) is 0 Å². The van der Waals surface area contributed by atoms with Gasteiger partial charge in [-0.2, -0.15) is 0 Å². The van der Waals surface area contributed by atoms with Crippen LogP contribution < -0.4 is 0 Å². The second kappa shape index (κ2) is 5.88. The first-order chi connectivity index (χ1) is 8.74. The molecule has 2 aliphatic rings. The van der Waals surface area contributed by atoms with Crippen LogP contribution >= 0.6 is 0 Å². The topological polar surface area (TPSA) is 3.24 Å². The molecule has 1 saturated carbocycles. The molecule has 100 valence electrons. The molecule has 0 aromatic carbocycles. The molecule has 2 rings (SSSR count). The maximum Gasteiger partial charge on any atom is 0.0239 e. The smallest absolute Gasteiger partial charge is 0.0239 e. The SMILES string of the molecule is C=C/C=C(\C=C)CN1CC[C@H](CC)CC12CCC2. The minimum absolute atomic E-state index is 0.530. The molecule has 1 heterocycles. The first-order valence-electron chi connectivity index (χ1n) is 7.43. The summed E-state index contributed by atoms with van der Waals surface area (Å²) in [5.74, 6) is 0.956. The number of rotatable bonds is 5. The van der Waals surface area contributed by atoms with Gasteiger partial charge in [-0.3, -0.25) is 4.90 Å². The lowest BCUT2D eigenvalue weighted by atomic mass is 9.66. The highest BCUT2D eigenvalue weighted by atomic mass is 15.2. The first kappa shape index (κ1) is 13.6. The van der Waals surface area contributed by atoms with Crippen molar-refractivity contribution in [3.63, 3.8) is 0 Å². The molecule has 0 bridgehead atoms. The highest BCUT2D eigenvalue weighted by Crippen LogP contribution is 2.47. The Bertz CT molecular complexity index is 336. The number of likely N-dealkylation sites (tertiary alicyclic amines) is 1. The normalized spacial score (nSPS) is 27.8. The lowest BCUT2D eigenvalue weighted by Gasteiger charge is -2.55. The zero-order chi connectivity index (χ0) is 13.0. The van der Waals surface area contributed by atoms with Crippen molar-refractivity contribution in [2.45, 2.75) is 51.0 Å². The average molecular weight is 245 g/mol. The summed E-state index contributed by atoms with van der Waals surface area (Å²) < 4.78 is 0. The van der Waals surface area contributed by atoms with Gasteiger partial charge < -0.3 is 0 Å². The Morgan fingerprint density at radius 3 is 2.67 bits per heavy atom. The minimum atomic E-state index is 0.530. The highest BCUT2D eigenvalue weighted by Gasteiger charge is 2.45. The van der Waals surface area contributed by atoms with E-state index in [9.17, 15) is 0 Å². The third-order valence-electron chi connectivity index (χ3n) is 4.98. The predicted octanol–water partition coefficient (Wildman–Crippen LogP) is 4.33. The summed E-state index contributed by atoms with van der Waals surface area (Å²) in [6.45, 7) is 12.4. The number of hydrogen-bond acceptors (Lipinski definition) is 1. The summed E-state index contributed by atoms with van der Waals surface area (Å²) >= 11 is 0. The molecule has 2 fully saturated rings. The minimum Gasteiger partial charge on any atom is -0.293 e. The maximum atomic E-state index is 3.93. The van der Waals surface area contributed by atoms with Crippen LogP contribution in [0.1, 0.15) is 45.4 Å². The van der Waals surface area contributed by atoms with E-state index in [1.165, 1.54) is 50.6 Å². The summed E-state index contributed by atoms with van der Waals surface area (Å²) in [4.78, 5) is 2.72. The van der Waals surface area contributed by atoms with Gasteiger partial charge in [-0.05, 0) is 50.1 Å². The van der Waals surface area contributed by atoms with Gasteiger partial charge in [0.25, 0.3) is 0 Å². The third-order valence-corrected chi connectivity index (χ3v) is 4.98. The largest absolute Gasteiger partial charge is 0.293 e. The Balaban J connectivity index is 2.05. The maximum absolute atomic E-state index is 3.93. The fraction of sp³-hybridized carbons (Fsp3) is 0.647. The van der Waals surface area contributed by atoms with E-state index in [0.717, 1.165) is 12.5 Å². The van der Waals surface area contributed by atoms with Crippen molar-refractivity contribution >= 4 is 0 Å². The van der Waals surface area contributed by atoms with Gasteiger partial charge in [0, 0.05) is 12.1 Å². The number of hydrogen-bond donors (Lipinski definition) is 0. The molecule has 18 heavy (non-hydrogen) atoms. The number of piperidine rings is 1. The Hall–Kier alpha value is -0.820. The fourth-order valence-corrected chi connectivity index (χ4v) is 3.60. The third kappa shape index (κ3) is 2.61. The molecule has 1 saturated heterocycles. The average Bonchev–Trinajstić information content (AvgIpc) is 2.36. The van der Waals surface area contributed by atoms with Gasteiger partial charge in [-0.25, -0.2) is 0 Å². The van der Waals surface area contributed by atoms with Crippen molar-refractivity contribution in [1.29, 1.82) is 0 Å². The van der Waals surface area contributed by atoms with Gasteiger partial charge in [-0.1, -0.05) is 44.7 Å². The van der Waals surface area contributed by atoms with Crippen molar-refractivity contribution in [2.24, 2.45) is 5.92 Å². The van der Waals surface area contributed by atoms with Crippen LogP contribution in [0.25, 0.3) is 0 Å². The van der Waals surface area contributed by atoms with Gasteiger partial charge in [0.15, 0.2) is 0 Å². The second-order valence-electron chi connectivity index (χ2n) is 5.95. The van der Waals surface area contributed by atoms with E-state index in [4.69, 9.17) is 0 Å². The van der Waals surface area contributed by atoms with Crippen molar-refractivity contribution in [1.82, 2.24) is 4.90 Å². The number of nitrogens with zero attached hydrogens (tertiary/aromatic N) is 1. The Kier molecular flexibility index (Phi) is 4.45. The van der Waals surface area contributed by atoms with Gasteiger partial charge in [-0.15, -0.1) is 0 Å². The molecule has 1 aliphatic heterocycles. The van der Waals surface area contributed by atoms with Crippen LogP contribution in [0.5, 0.6) is 0 Å². The molecule has 0 N–H and O–H groups in total. The van der Waals surface area contributed by atoms with Crippen LogP contribution in [0.15, 0.2) is 37.0 Å². The van der Waals surface area contributed by atoms with E-state index >= 15 is 0 Å². The summed E-state index contributed by atoms with van der Waals surface area (Å²) in [6.07, 6.45) is 14.3. The van der Waals surface area contributed by atoms with Crippen molar-refractivity contribution in [2.75, 3.05) is 13.1 Å². The lowest BCUT2D eigenvalue weighted by molar-refractivity contribution is -0.0317. The van der Waals surface area contributed by atoms with Crippen molar-refractivity contribution in [3.8, 4) is 0 Å². The Labute approximate surface area is 112 Å². The van der Waals surface area contributed by atoms with Gasteiger partial charge in [0.2, 0.25) is 0 Å². The van der Waals surface area contributed by atoms with E-state index < -0.39 is 0 Å². The van der Waals surface area contributed by atoms with Crippen LogP contribution in [0.3, 0.4) is 0 Å². The molecule has 0 amide bonds. The van der Waals surface area contributed by atoms with E-state index in [-0.39, 0.29) is 0 Å². The highest BCUT2D eigenvalue weighted by molar-refractivity contribution is 5.23. The van der Waals surface area contributed by atoms with Gasteiger partial charge in [0.05, 0.1) is 0 Å². The van der Waals surface area contributed by atoms with Crippen LogP contribution in [0, 0.1) is 5.92 Å². The van der Waals surface area contributed by atoms with E-state index in [0.29, 0.717) is 5.54 Å². The Morgan fingerprint density at radius 1 is 1.39 bits per heavy atom. The van der Waals surface area contributed by atoms with Crippen molar-refractivity contribution < 1.29 is 0 Å². The molecule has 1 atom stereocenters. The molecule has 1 heteroatoms. The summed E-state index contributed by atoms with van der Waals surface area (Å²) in [5.41, 5.74) is 1.84. The molecule has 1 nitrogen and oxygen atoms in total. The number of allylic oxidation sites excluding steroid dienone is 2. The molecule has 0 radical (unpaired) electrons. The van der Waals surface area contributed by atoms with E-state index in [1.54, 1.807) is 0 Å². The molecular formula is C17H27N. The molecular weight excluding hydrogens is 218 g/mol. The van der Waals surface area contributed by atoms with E-state index in [1.807, 2.05) is 12.2 Å².